The predicted octanol–water partition coefficient (Wildman–Crippen LogP) is 2.79. The van der Waals surface area contributed by atoms with Gasteiger partial charge < -0.3 is 10.6 Å². The number of amides is 1. The maximum atomic E-state index is 12.5. The maximum absolute atomic E-state index is 12.5. The number of carbonyl (C=O) groups is 1. The highest BCUT2D eigenvalue weighted by atomic mass is 16.2. The van der Waals surface area contributed by atoms with Crippen molar-refractivity contribution in [2.45, 2.75) is 57.8 Å². The molecule has 2 unspecified atom stereocenters. The third-order valence-corrected chi connectivity index (χ3v) is 5.09. The van der Waals surface area contributed by atoms with Crippen molar-refractivity contribution in [1.82, 2.24) is 4.90 Å². The second-order valence-corrected chi connectivity index (χ2v) is 6.68. The molecule has 0 radical (unpaired) electrons. The van der Waals surface area contributed by atoms with Crippen LogP contribution in [-0.4, -0.2) is 30.9 Å². The molecule has 19 heavy (non-hydrogen) atoms. The average molecular weight is 266 g/mol. The van der Waals surface area contributed by atoms with Crippen molar-refractivity contribution in [1.29, 1.82) is 0 Å². The van der Waals surface area contributed by atoms with Crippen molar-refractivity contribution in [2.24, 2.45) is 23.5 Å². The number of hydrogen-bond donors (Lipinski definition) is 1. The zero-order chi connectivity index (χ0) is 13.7. The van der Waals surface area contributed by atoms with Gasteiger partial charge in [-0.05, 0) is 50.5 Å². The molecule has 0 spiro atoms. The van der Waals surface area contributed by atoms with Gasteiger partial charge in [-0.1, -0.05) is 25.7 Å². The molecule has 3 nitrogen and oxygen atoms in total. The zero-order valence-corrected chi connectivity index (χ0v) is 12.4. The van der Waals surface area contributed by atoms with Gasteiger partial charge >= 0.3 is 0 Å². The fourth-order valence-corrected chi connectivity index (χ4v) is 4.00. The summed E-state index contributed by atoms with van der Waals surface area (Å²) in [5, 5.41) is 0. The number of hydrogen-bond acceptors (Lipinski definition) is 2. The molecule has 0 aromatic rings. The minimum absolute atomic E-state index is 0.275. The Morgan fingerprint density at radius 3 is 2.47 bits per heavy atom. The molecule has 2 fully saturated rings. The standard InChI is InChI=1S/C16H30N2O/c1-18(12-14-5-2-3-6-14)16(19)15-8-4-7-13(11-15)9-10-17/h13-15H,2-12,17H2,1H3. The van der Waals surface area contributed by atoms with Crippen molar-refractivity contribution in [3.05, 3.63) is 0 Å². The van der Waals surface area contributed by atoms with Crippen LogP contribution in [0.3, 0.4) is 0 Å². The third kappa shape index (κ3) is 4.20. The SMILES string of the molecule is CN(CC1CCCC1)C(=O)C1CCCC(CCN)C1. The van der Waals surface area contributed by atoms with Crippen LogP contribution in [0.4, 0.5) is 0 Å². The Bertz CT molecular complexity index is 284. The first kappa shape index (κ1) is 14.8. The summed E-state index contributed by atoms with van der Waals surface area (Å²) in [5.41, 5.74) is 5.65. The van der Waals surface area contributed by atoms with Crippen molar-refractivity contribution >= 4 is 5.91 Å². The second-order valence-electron chi connectivity index (χ2n) is 6.68. The van der Waals surface area contributed by atoms with Crippen LogP contribution in [0.1, 0.15) is 57.8 Å². The van der Waals surface area contributed by atoms with Gasteiger partial charge in [0.05, 0.1) is 0 Å². The van der Waals surface area contributed by atoms with Crippen LogP contribution < -0.4 is 5.73 Å². The first-order chi connectivity index (χ1) is 9.20. The van der Waals surface area contributed by atoms with E-state index in [2.05, 4.69) is 0 Å². The normalized spacial score (nSPS) is 28.5. The van der Waals surface area contributed by atoms with E-state index in [4.69, 9.17) is 5.73 Å². The molecule has 0 heterocycles. The first-order valence-corrected chi connectivity index (χ1v) is 8.15. The van der Waals surface area contributed by atoms with E-state index in [-0.39, 0.29) is 5.92 Å². The summed E-state index contributed by atoms with van der Waals surface area (Å²) in [6.45, 7) is 1.75. The van der Waals surface area contributed by atoms with Gasteiger partial charge in [-0.2, -0.15) is 0 Å². The van der Waals surface area contributed by atoms with Crippen LogP contribution in [-0.2, 0) is 4.79 Å². The van der Waals surface area contributed by atoms with Crippen LogP contribution in [0.25, 0.3) is 0 Å². The highest BCUT2D eigenvalue weighted by Crippen LogP contribution is 2.32. The third-order valence-electron chi connectivity index (χ3n) is 5.09. The molecular formula is C16H30N2O. The Morgan fingerprint density at radius 1 is 1.11 bits per heavy atom. The summed E-state index contributed by atoms with van der Waals surface area (Å²) in [5.74, 6) is 2.12. The van der Waals surface area contributed by atoms with E-state index in [0.717, 1.165) is 38.3 Å². The molecule has 0 bridgehead atoms. The molecular weight excluding hydrogens is 236 g/mol. The molecule has 1 amide bonds. The maximum Gasteiger partial charge on any atom is 0.225 e. The van der Waals surface area contributed by atoms with Crippen LogP contribution >= 0.6 is 0 Å². The first-order valence-electron chi connectivity index (χ1n) is 8.15. The van der Waals surface area contributed by atoms with Gasteiger partial charge in [-0.25, -0.2) is 0 Å². The average Bonchev–Trinajstić information content (AvgIpc) is 2.91. The van der Waals surface area contributed by atoms with E-state index >= 15 is 0 Å². The molecule has 2 saturated carbocycles. The zero-order valence-electron chi connectivity index (χ0n) is 12.4. The van der Waals surface area contributed by atoms with E-state index < -0.39 is 0 Å². The minimum Gasteiger partial charge on any atom is -0.345 e. The molecule has 2 aliphatic carbocycles. The summed E-state index contributed by atoms with van der Waals surface area (Å²) in [6, 6.07) is 0. The predicted molar refractivity (Wildman–Crippen MR) is 78.7 cm³/mol. The summed E-state index contributed by atoms with van der Waals surface area (Å²) >= 11 is 0. The lowest BCUT2D eigenvalue weighted by Gasteiger charge is -2.32. The van der Waals surface area contributed by atoms with Gasteiger partial charge in [0.2, 0.25) is 5.91 Å². The Kier molecular flexibility index (Phi) is 5.68. The molecule has 0 aromatic carbocycles. The Morgan fingerprint density at radius 2 is 1.79 bits per heavy atom. The Balaban J connectivity index is 1.80. The topological polar surface area (TPSA) is 46.3 Å². The number of nitrogens with zero attached hydrogens (tertiary/aromatic N) is 1. The fourth-order valence-electron chi connectivity index (χ4n) is 4.00. The number of carbonyl (C=O) groups excluding carboxylic acids is 1. The van der Waals surface area contributed by atoms with Gasteiger partial charge in [0.25, 0.3) is 0 Å². The summed E-state index contributed by atoms with van der Waals surface area (Å²) in [4.78, 5) is 14.5. The van der Waals surface area contributed by atoms with Crippen molar-refractivity contribution in [2.75, 3.05) is 20.1 Å². The van der Waals surface area contributed by atoms with E-state index in [9.17, 15) is 4.79 Å². The highest BCUT2D eigenvalue weighted by Gasteiger charge is 2.29. The van der Waals surface area contributed by atoms with E-state index in [0.29, 0.717) is 11.8 Å². The molecule has 2 N–H and O–H groups in total. The smallest absolute Gasteiger partial charge is 0.225 e. The quantitative estimate of drug-likeness (QED) is 0.831. The lowest BCUT2D eigenvalue weighted by Crippen LogP contribution is -2.38. The summed E-state index contributed by atoms with van der Waals surface area (Å²) in [6.07, 6.45) is 11.1. The van der Waals surface area contributed by atoms with Gasteiger partial charge in [0.1, 0.15) is 0 Å². The molecule has 2 aliphatic rings. The van der Waals surface area contributed by atoms with Gasteiger partial charge in [-0.3, -0.25) is 4.79 Å². The Labute approximate surface area is 117 Å². The van der Waals surface area contributed by atoms with Crippen molar-refractivity contribution in [3.63, 3.8) is 0 Å². The van der Waals surface area contributed by atoms with Crippen molar-refractivity contribution in [3.8, 4) is 0 Å². The minimum atomic E-state index is 0.275. The highest BCUT2D eigenvalue weighted by molar-refractivity contribution is 5.78. The van der Waals surface area contributed by atoms with Crippen LogP contribution in [0, 0.1) is 17.8 Å². The van der Waals surface area contributed by atoms with E-state index in [1.54, 1.807) is 0 Å². The monoisotopic (exact) mass is 266 g/mol. The molecule has 0 saturated heterocycles. The fraction of sp³-hybridized carbons (Fsp3) is 0.938. The molecule has 0 aliphatic heterocycles. The van der Waals surface area contributed by atoms with Crippen molar-refractivity contribution < 1.29 is 4.79 Å². The van der Waals surface area contributed by atoms with E-state index in [1.165, 1.54) is 38.5 Å². The Hall–Kier alpha value is -0.570. The van der Waals surface area contributed by atoms with Crippen LogP contribution in [0.5, 0.6) is 0 Å². The summed E-state index contributed by atoms with van der Waals surface area (Å²) in [7, 11) is 2.01. The van der Waals surface area contributed by atoms with Crippen LogP contribution in [0.15, 0.2) is 0 Å². The lowest BCUT2D eigenvalue weighted by atomic mass is 9.79. The lowest BCUT2D eigenvalue weighted by molar-refractivity contribution is -0.136. The largest absolute Gasteiger partial charge is 0.345 e. The summed E-state index contributed by atoms with van der Waals surface area (Å²) < 4.78 is 0. The van der Waals surface area contributed by atoms with Gasteiger partial charge in [-0.15, -0.1) is 0 Å². The molecule has 2 rings (SSSR count). The number of nitrogens with two attached hydrogens (primary N) is 1. The molecule has 3 heteroatoms. The molecule has 0 aromatic heterocycles. The number of rotatable bonds is 5. The van der Waals surface area contributed by atoms with Gasteiger partial charge in [0.15, 0.2) is 0 Å². The second kappa shape index (κ2) is 7.28. The molecule has 110 valence electrons. The van der Waals surface area contributed by atoms with Gasteiger partial charge in [0, 0.05) is 19.5 Å². The van der Waals surface area contributed by atoms with Crippen LogP contribution in [0.2, 0.25) is 0 Å². The van der Waals surface area contributed by atoms with E-state index in [1.807, 2.05) is 11.9 Å². The molecule has 2 atom stereocenters.